The molecule has 9 nitrogen and oxygen atoms in total. The van der Waals surface area contributed by atoms with Gasteiger partial charge in [-0.3, -0.25) is 9.56 Å². The summed E-state index contributed by atoms with van der Waals surface area (Å²) in [6.45, 7) is 11.5. The highest BCUT2D eigenvalue weighted by Crippen LogP contribution is 2.31. The van der Waals surface area contributed by atoms with Crippen molar-refractivity contribution in [2.24, 2.45) is 22.2 Å². The Morgan fingerprint density at radius 2 is 1.89 bits per heavy atom. The second-order valence-electron chi connectivity index (χ2n) is 10.7. The third-order valence-electron chi connectivity index (χ3n) is 7.18. The number of hydrogen-bond donors (Lipinski definition) is 5. The van der Waals surface area contributed by atoms with E-state index in [1.807, 2.05) is 31.2 Å². The van der Waals surface area contributed by atoms with Gasteiger partial charge in [-0.15, -0.1) is 13.2 Å². The van der Waals surface area contributed by atoms with Crippen LogP contribution in [0.15, 0.2) is 71.6 Å². The molecule has 0 saturated heterocycles. The number of aromatic nitrogens is 3. The van der Waals surface area contributed by atoms with Crippen LogP contribution in [0.2, 0.25) is 5.02 Å². The maximum Gasteiger partial charge on any atom is 0.354 e. The van der Waals surface area contributed by atoms with Crippen LogP contribution in [0.25, 0.3) is 28.0 Å². The molecule has 0 aliphatic carbocycles. The Morgan fingerprint density at radius 1 is 1.16 bits per heavy atom. The number of aryl methyl sites for hydroxylation is 1. The lowest BCUT2D eigenvalue weighted by atomic mass is 10.0. The topological polar surface area (TPSA) is 153 Å². The van der Waals surface area contributed by atoms with Gasteiger partial charge in [0.05, 0.1) is 16.4 Å². The maximum atomic E-state index is 15.1. The standard InChI is InChI=1S/C31H40ClFN8O.C2H4/c1-3-6-26(37-13-5-14-38-30(35)36)21-9-11-23(12-10-21)41-18-22-17-27(39-29(22)40-31(41)42)24-15-20(8-4-7-19(2)34)16-25(32)28(24)33;1-2/h9-12,15-19,26,37H,3-8,13-14,34H2,1-2H3,(H4,35,36,38)(H,39,40,42);1-2H2. The van der Waals surface area contributed by atoms with Crippen LogP contribution in [0, 0.1) is 5.82 Å². The molecule has 0 spiro atoms. The number of nitrogens with zero attached hydrogens (tertiary/aromatic N) is 3. The fourth-order valence-corrected chi connectivity index (χ4v) is 5.29. The summed E-state index contributed by atoms with van der Waals surface area (Å²) in [6, 6.07) is 13.4. The summed E-state index contributed by atoms with van der Waals surface area (Å²) < 4.78 is 16.6. The molecule has 2 heterocycles. The predicted molar refractivity (Wildman–Crippen MR) is 181 cm³/mol. The molecule has 4 rings (SSSR count). The second kappa shape index (κ2) is 16.7. The quantitative estimate of drug-likeness (QED) is 0.0523. The van der Waals surface area contributed by atoms with Crippen LogP contribution in [-0.2, 0) is 6.42 Å². The summed E-state index contributed by atoms with van der Waals surface area (Å²) in [4.78, 5) is 24.4. The van der Waals surface area contributed by atoms with Crippen LogP contribution < -0.4 is 28.2 Å². The van der Waals surface area contributed by atoms with Gasteiger partial charge in [-0.25, -0.2) is 9.18 Å². The number of nitrogens with two attached hydrogens (primary N) is 3. The van der Waals surface area contributed by atoms with Crippen molar-refractivity contribution in [2.45, 2.75) is 64.5 Å². The first kappa shape index (κ1) is 34.5. The molecule has 2 aromatic heterocycles. The van der Waals surface area contributed by atoms with Gasteiger partial charge in [-0.2, -0.15) is 4.98 Å². The van der Waals surface area contributed by atoms with Crippen LogP contribution in [0.5, 0.6) is 0 Å². The molecule has 236 valence electrons. The van der Waals surface area contributed by atoms with E-state index < -0.39 is 11.5 Å². The minimum atomic E-state index is -0.517. The Balaban J connectivity index is 0.00000259. The van der Waals surface area contributed by atoms with Crippen molar-refractivity contribution in [1.29, 1.82) is 0 Å². The van der Waals surface area contributed by atoms with Gasteiger partial charge in [0.2, 0.25) is 0 Å². The summed E-state index contributed by atoms with van der Waals surface area (Å²) in [5.74, 6) is -0.416. The summed E-state index contributed by atoms with van der Waals surface area (Å²) in [6.07, 6.45) is 7.01. The first-order chi connectivity index (χ1) is 21.2. The largest absolute Gasteiger partial charge is 0.370 e. The van der Waals surface area contributed by atoms with E-state index >= 15 is 4.39 Å². The van der Waals surface area contributed by atoms with Gasteiger partial charge in [0.1, 0.15) is 5.65 Å². The number of guanidine groups is 1. The molecule has 2 unspecified atom stereocenters. The van der Waals surface area contributed by atoms with Gasteiger partial charge < -0.3 is 27.5 Å². The van der Waals surface area contributed by atoms with Crippen LogP contribution in [0.4, 0.5) is 4.39 Å². The lowest BCUT2D eigenvalue weighted by Gasteiger charge is -2.19. The van der Waals surface area contributed by atoms with Gasteiger partial charge in [-0.05, 0) is 87.0 Å². The number of hydrogen-bond acceptors (Lipinski definition) is 5. The average molecular weight is 623 g/mol. The molecule has 0 saturated carbocycles. The average Bonchev–Trinajstić information content (AvgIpc) is 3.41. The smallest absolute Gasteiger partial charge is 0.354 e. The Morgan fingerprint density at radius 3 is 2.55 bits per heavy atom. The number of halogens is 2. The van der Waals surface area contributed by atoms with Crippen LogP contribution >= 0.6 is 11.6 Å². The van der Waals surface area contributed by atoms with Crippen molar-refractivity contribution in [2.75, 3.05) is 13.1 Å². The summed E-state index contributed by atoms with van der Waals surface area (Å²) in [5.41, 5.74) is 20.2. The molecule has 0 aliphatic heterocycles. The van der Waals surface area contributed by atoms with Crippen LogP contribution in [-0.4, -0.2) is 39.6 Å². The van der Waals surface area contributed by atoms with Crippen molar-refractivity contribution in [3.63, 3.8) is 0 Å². The maximum absolute atomic E-state index is 15.1. The summed E-state index contributed by atoms with van der Waals surface area (Å²) in [5, 5.41) is 4.30. The van der Waals surface area contributed by atoms with Crippen molar-refractivity contribution < 1.29 is 4.39 Å². The normalized spacial score (nSPS) is 12.4. The number of H-pyrrole nitrogens is 1. The van der Waals surface area contributed by atoms with Crippen molar-refractivity contribution in [1.82, 2.24) is 19.9 Å². The summed E-state index contributed by atoms with van der Waals surface area (Å²) in [7, 11) is 0. The minimum absolute atomic E-state index is 0.0548. The first-order valence-electron chi connectivity index (χ1n) is 14.9. The lowest BCUT2D eigenvalue weighted by Crippen LogP contribution is -2.25. The number of benzene rings is 2. The third-order valence-corrected chi connectivity index (χ3v) is 7.46. The molecule has 0 bridgehead atoms. The Bertz CT molecular complexity index is 1590. The minimum Gasteiger partial charge on any atom is -0.370 e. The fourth-order valence-electron chi connectivity index (χ4n) is 5.04. The van der Waals surface area contributed by atoms with Crippen molar-refractivity contribution in [3.8, 4) is 16.9 Å². The summed E-state index contributed by atoms with van der Waals surface area (Å²) >= 11 is 6.25. The van der Waals surface area contributed by atoms with Crippen molar-refractivity contribution >= 4 is 28.6 Å². The van der Waals surface area contributed by atoms with Crippen LogP contribution in [0.3, 0.4) is 0 Å². The fraction of sp³-hybridized carbons (Fsp3) is 0.364. The molecule has 2 aromatic carbocycles. The van der Waals surface area contributed by atoms with Gasteiger partial charge >= 0.3 is 5.69 Å². The molecule has 4 aromatic rings. The van der Waals surface area contributed by atoms with E-state index in [9.17, 15) is 4.79 Å². The zero-order valence-corrected chi connectivity index (χ0v) is 26.3. The van der Waals surface area contributed by atoms with E-state index in [1.54, 1.807) is 24.4 Å². The van der Waals surface area contributed by atoms with Gasteiger partial charge in [0, 0.05) is 35.8 Å². The number of aromatic amines is 1. The molecular weight excluding hydrogens is 579 g/mol. The second-order valence-corrected chi connectivity index (χ2v) is 11.1. The van der Waals surface area contributed by atoms with Crippen molar-refractivity contribution in [3.05, 3.63) is 94.3 Å². The molecule has 0 radical (unpaired) electrons. The molecular formula is C33H44ClFN8O. The van der Waals surface area contributed by atoms with Gasteiger partial charge in [0.25, 0.3) is 0 Å². The van der Waals surface area contributed by atoms with E-state index in [-0.39, 0.29) is 23.1 Å². The Kier molecular flexibility index (Phi) is 13.1. The number of aliphatic imine (C=N–C) groups is 1. The third kappa shape index (κ3) is 9.25. The zero-order valence-electron chi connectivity index (χ0n) is 25.6. The molecule has 8 N–H and O–H groups in total. The monoisotopic (exact) mass is 622 g/mol. The SMILES string of the molecule is C=C.CCCC(NCCCN=C(N)N)c1ccc(-n2cc3cc(-c4cc(CCCC(C)N)cc(Cl)c4F)[nH]c3nc2=O)cc1. The number of rotatable bonds is 14. The Labute approximate surface area is 263 Å². The molecule has 2 atom stereocenters. The lowest BCUT2D eigenvalue weighted by molar-refractivity contribution is 0.490. The highest BCUT2D eigenvalue weighted by Gasteiger charge is 2.16. The van der Waals surface area contributed by atoms with E-state index in [2.05, 4.69) is 40.4 Å². The zero-order chi connectivity index (χ0) is 32.2. The molecule has 0 amide bonds. The molecule has 0 fully saturated rings. The number of fused-ring (bicyclic) bond motifs is 1. The molecule has 11 heteroatoms. The van der Waals surface area contributed by atoms with Gasteiger partial charge in [-0.1, -0.05) is 37.1 Å². The van der Waals surface area contributed by atoms with E-state index in [0.717, 1.165) is 56.2 Å². The Hall–Kier alpha value is -3.99. The highest BCUT2D eigenvalue weighted by molar-refractivity contribution is 6.31. The predicted octanol–water partition coefficient (Wildman–Crippen LogP) is 5.74. The van der Waals surface area contributed by atoms with E-state index in [0.29, 0.717) is 34.5 Å². The van der Waals surface area contributed by atoms with E-state index in [4.69, 9.17) is 28.8 Å². The van der Waals surface area contributed by atoms with Gasteiger partial charge in [0.15, 0.2) is 11.8 Å². The first-order valence-corrected chi connectivity index (χ1v) is 15.3. The number of nitrogens with one attached hydrogen (secondary N) is 2. The molecule has 44 heavy (non-hydrogen) atoms. The molecule has 0 aliphatic rings. The van der Waals surface area contributed by atoms with Crippen LogP contribution in [0.1, 0.15) is 63.1 Å². The highest BCUT2D eigenvalue weighted by atomic mass is 35.5. The van der Waals surface area contributed by atoms with E-state index in [1.165, 1.54) is 4.57 Å².